The van der Waals surface area contributed by atoms with Crippen LogP contribution >= 0.6 is 39.3 Å². The van der Waals surface area contributed by atoms with Crippen LogP contribution in [-0.2, 0) is 0 Å². The van der Waals surface area contributed by atoms with Gasteiger partial charge >= 0.3 is 0 Å². The molecule has 0 fully saturated rings. The van der Waals surface area contributed by atoms with Gasteiger partial charge in [0.2, 0.25) is 5.28 Å². The lowest BCUT2D eigenvalue weighted by atomic mass is 10.2. The second kappa shape index (κ2) is 5.49. The Morgan fingerprint density at radius 3 is 2.68 bits per heavy atom. The van der Waals surface area contributed by atoms with E-state index >= 15 is 0 Å². The second-order valence-corrected chi connectivity index (χ2v) is 6.19. The van der Waals surface area contributed by atoms with Gasteiger partial charge in [0.1, 0.15) is 5.03 Å². The van der Waals surface area contributed by atoms with Crippen LogP contribution in [0.5, 0.6) is 0 Å². The smallest absolute Gasteiger partial charge is 0.218 e. The molecule has 1 heterocycles. The van der Waals surface area contributed by atoms with E-state index in [-0.39, 0.29) is 5.28 Å². The molecule has 0 unspecified atom stereocenters. The van der Waals surface area contributed by atoms with Crippen molar-refractivity contribution in [3.05, 3.63) is 58.3 Å². The van der Waals surface area contributed by atoms with Crippen molar-refractivity contribution in [2.24, 2.45) is 0 Å². The van der Waals surface area contributed by atoms with Crippen LogP contribution in [0.2, 0.25) is 5.28 Å². The summed E-state index contributed by atoms with van der Waals surface area (Å²) in [6, 6.07) is 16.0. The van der Waals surface area contributed by atoms with E-state index in [1.807, 2.05) is 42.5 Å². The first-order chi connectivity index (χ1) is 9.22. The van der Waals surface area contributed by atoms with Crippen LogP contribution in [0.1, 0.15) is 0 Å². The number of fused-ring (bicyclic) bond motifs is 1. The summed E-state index contributed by atoms with van der Waals surface area (Å²) in [6.07, 6.45) is 0. The van der Waals surface area contributed by atoms with Gasteiger partial charge in [-0.2, -0.15) is 0 Å². The minimum Gasteiger partial charge on any atom is -0.218 e. The van der Waals surface area contributed by atoms with E-state index in [4.69, 9.17) is 11.6 Å². The Morgan fingerprint density at radius 2 is 1.84 bits per heavy atom. The normalized spacial score (nSPS) is 10.8. The van der Waals surface area contributed by atoms with Gasteiger partial charge in [0.05, 0.1) is 5.52 Å². The number of aromatic nitrogens is 2. The molecule has 0 aliphatic rings. The minimum atomic E-state index is 0.274. The number of rotatable bonds is 2. The Morgan fingerprint density at radius 1 is 1.00 bits per heavy atom. The molecule has 3 aromatic rings. The fourth-order valence-corrected chi connectivity index (χ4v) is 3.49. The third kappa shape index (κ3) is 2.91. The predicted molar refractivity (Wildman–Crippen MR) is 82.8 cm³/mol. The first kappa shape index (κ1) is 12.9. The number of hydrogen-bond acceptors (Lipinski definition) is 3. The number of hydrogen-bond donors (Lipinski definition) is 0. The van der Waals surface area contributed by atoms with Gasteiger partial charge in [-0.15, -0.1) is 0 Å². The van der Waals surface area contributed by atoms with Gasteiger partial charge in [-0.3, -0.25) is 0 Å². The molecule has 0 bridgehead atoms. The lowest BCUT2D eigenvalue weighted by Crippen LogP contribution is -1.89. The maximum absolute atomic E-state index is 5.98. The third-order valence-corrected chi connectivity index (χ3v) is 4.21. The average Bonchev–Trinajstić information content (AvgIpc) is 2.38. The Labute approximate surface area is 128 Å². The standard InChI is InChI=1S/C14H8BrClN2S/c15-9-4-3-5-10(8-9)19-13-11-6-1-2-7-12(11)17-14(16)18-13/h1-8H. The molecule has 0 atom stereocenters. The van der Waals surface area contributed by atoms with Crippen LogP contribution in [0.15, 0.2) is 62.9 Å². The van der Waals surface area contributed by atoms with Crippen molar-refractivity contribution in [2.75, 3.05) is 0 Å². The summed E-state index contributed by atoms with van der Waals surface area (Å²) in [5.74, 6) is 0. The SMILES string of the molecule is Clc1nc(Sc2cccc(Br)c2)c2ccccc2n1. The lowest BCUT2D eigenvalue weighted by Gasteiger charge is -2.05. The van der Waals surface area contributed by atoms with Crippen molar-refractivity contribution in [1.29, 1.82) is 0 Å². The van der Waals surface area contributed by atoms with Crippen molar-refractivity contribution >= 4 is 50.2 Å². The van der Waals surface area contributed by atoms with E-state index in [2.05, 4.69) is 32.0 Å². The fourth-order valence-electron chi connectivity index (χ4n) is 1.74. The molecule has 3 rings (SSSR count). The Balaban J connectivity index is 2.09. The van der Waals surface area contributed by atoms with E-state index in [0.717, 1.165) is 25.3 Å². The molecule has 19 heavy (non-hydrogen) atoms. The van der Waals surface area contributed by atoms with Crippen LogP contribution in [0.25, 0.3) is 10.9 Å². The van der Waals surface area contributed by atoms with Gasteiger partial charge in [-0.25, -0.2) is 9.97 Å². The van der Waals surface area contributed by atoms with Crippen LogP contribution < -0.4 is 0 Å². The zero-order valence-electron chi connectivity index (χ0n) is 9.68. The van der Waals surface area contributed by atoms with Crippen LogP contribution in [0.4, 0.5) is 0 Å². The van der Waals surface area contributed by atoms with Gasteiger partial charge < -0.3 is 0 Å². The highest BCUT2D eigenvalue weighted by molar-refractivity contribution is 9.10. The molecule has 0 radical (unpaired) electrons. The fraction of sp³-hybridized carbons (Fsp3) is 0. The predicted octanol–water partition coefficient (Wildman–Crippen LogP) is 5.20. The second-order valence-electron chi connectivity index (χ2n) is 3.87. The summed E-state index contributed by atoms with van der Waals surface area (Å²) in [7, 11) is 0. The summed E-state index contributed by atoms with van der Waals surface area (Å²) in [5.41, 5.74) is 0.861. The van der Waals surface area contributed by atoms with E-state index in [1.54, 1.807) is 11.8 Å². The third-order valence-electron chi connectivity index (χ3n) is 2.55. The molecule has 0 N–H and O–H groups in total. The summed E-state index contributed by atoms with van der Waals surface area (Å²) in [6.45, 7) is 0. The van der Waals surface area contributed by atoms with Crippen molar-refractivity contribution < 1.29 is 0 Å². The molecule has 0 aliphatic heterocycles. The molecule has 0 amide bonds. The van der Waals surface area contributed by atoms with Crippen molar-refractivity contribution in [3.8, 4) is 0 Å². The molecule has 0 aliphatic carbocycles. The molecule has 94 valence electrons. The van der Waals surface area contributed by atoms with Crippen LogP contribution in [-0.4, -0.2) is 9.97 Å². The van der Waals surface area contributed by atoms with Crippen molar-refractivity contribution in [3.63, 3.8) is 0 Å². The van der Waals surface area contributed by atoms with Crippen molar-refractivity contribution in [1.82, 2.24) is 9.97 Å². The van der Waals surface area contributed by atoms with E-state index < -0.39 is 0 Å². The van der Waals surface area contributed by atoms with E-state index in [1.165, 1.54) is 0 Å². The van der Waals surface area contributed by atoms with Crippen molar-refractivity contribution in [2.45, 2.75) is 9.92 Å². The molecular formula is C14H8BrClN2S. The van der Waals surface area contributed by atoms with Crippen LogP contribution in [0, 0.1) is 0 Å². The lowest BCUT2D eigenvalue weighted by molar-refractivity contribution is 1.10. The van der Waals surface area contributed by atoms with Crippen LogP contribution in [0.3, 0.4) is 0 Å². The highest BCUT2D eigenvalue weighted by Crippen LogP contribution is 2.33. The van der Waals surface area contributed by atoms with E-state index in [9.17, 15) is 0 Å². The molecule has 1 aromatic heterocycles. The molecule has 2 aromatic carbocycles. The monoisotopic (exact) mass is 350 g/mol. The molecule has 0 saturated carbocycles. The largest absolute Gasteiger partial charge is 0.224 e. The van der Waals surface area contributed by atoms with E-state index in [0.29, 0.717) is 0 Å². The van der Waals surface area contributed by atoms with Gasteiger partial charge in [0, 0.05) is 14.8 Å². The van der Waals surface area contributed by atoms with Gasteiger partial charge in [0.15, 0.2) is 0 Å². The summed E-state index contributed by atoms with van der Waals surface area (Å²) >= 11 is 11.0. The average molecular weight is 352 g/mol. The van der Waals surface area contributed by atoms with Gasteiger partial charge in [-0.05, 0) is 35.9 Å². The first-order valence-corrected chi connectivity index (χ1v) is 7.57. The quantitative estimate of drug-likeness (QED) is 0.469. The Hall–Kier alpha value is -1.10. The Bertz CT molecular complexity index is 748. The summed E-state index contributed by atoms with van der Waals surface area (Å²) in [5, 5.41) is 2.15. The zero-order chi connectivity index (χ0) is 13.2. The first-order valence-electron chi connectivity index (χ1n) is 5.58. The maximum atomic E-state index is 5.98. The minimum absolute atomic E-state index is 0.274. The molecule has 2 nitrogen and oxygen atoms in total. The molecule has 5 heteroatoms. The number of halogens is 2. The zero-order valence-corrected chi connectivity index (χ0v) is 12.8. The summed E-state index contributed by atoms with van der Waals surface area (Å²) in [4.78, 5) is 9.66. The van der Waals surface area contributed by atoms with Gasteiger partial charge in [-0.1, -0.05) is 52.0 Å². The maximum Gasteiger partial charge on any atom is 0.224 e. The Kier molecular flexibility index (Phi) is 3.73. The molecule has 0 saturated heterocycles. The highest BCUT2D eigenvalue weighted by atomic mass is 79.9. The number of para-hydroxylation sites is 1. The highest BCUT2D eigenvalue weighted by Gasteiger charge is 2.08. The topological polar surface area (TPSA) is 25.8 Å². The molecule has 0 spiro atoms. The molecular weight excluding hydrogens is 344 g/mol. The number of benzene rings is 2. The summed E-state index contributed by atoms with van der Waals surface area (Å²) < 4.78 is 1.04. The van der Waals surface area contributed by atoms with Gasteiger partial charge in [0.25, 0.3) is 0 Å². The number of nitrogens with zero attached hydrogens (tertiary/aromatic N) is 2.